The minimum atomic E-state index is -0.364. The molecule has 24 heavy (non-hydrogen) atoms. The summed E-state index contributed by atoms with van der Waals surface area (Å²) in [5.41, 5.74) is -0.276. The van der Waals surface area contributed by atoms with E-state index >= 15 is 0 Å². The largest absolute Gasteiger partial charge is 0.384 e. The maximum atomic E-state index is 12.6. The van der Waals surface area contributed by atoms with E-state index in [1.165, 1.54) is 36.2 Å². The molecule has 1 saturated carbocycles. The van der Waals surface area contributed by atoms with E-state index in [1.807, 2.05) is 0 Å². The van der Waals surface area contributed by atoms with Crippen molar-refractivity contribution in [1.82, 2.24) is 19.1 Å². The van der Waals surface area contributed by atoms with Crippen LogP contribution in [0.1, 0.15) is 37.4 Å². The molecule has 0 aromatic carbocycles. The van der Waals surface area contributed by atoms with Gasteiger partial charge in [0.05, 0.1) is 6.61 Å². The lowest BCUT2D eigenvalue weighted by Gasteiger charge is -2.14. The lowest BCUT2D eigenvalue weighted by atomic mass is 10.1. The average Bonchev–Trinajstić information content (AvgIpc) is 3.12. The first-order valence-corrected chi connectivity index (χ1v) is 9.12. The molecule has 0 radical (unpaired) electrons. The van der Waals surface area contributed by atoms with Gasteiger partial charge in [0, 0.05) is 32.9 Å². The number of aromatic nitrogens is 4. The van der Waals surface area contributed by atoms with Crippen LogP contribution in [0.3, 0.4) is 0 Å². The van der Waals surface area contributed by atoms with Crippen LogP contribution < -0.4 is 11.2 Å². The van der Waals surface area contributed by atoms with E-state index in [4.69, 9.17) is 9.72 Å². The van der Waals surface area contributed by atoms with Crippen molar-refractivity contribution in [1.29, 1.82) is 0 Å². The molecular formula is C16H22N4O3S. The molecule has 1 aliphatic rings. The molecule has 3 rings (SSSR count). The van der Waals surface area contributed by atoms with Crippen molar-refractivity contribution in [2.24, 2.45) is 14.1 Å². The zero-order valence-corrected chi connectivity index (χ0v) is 15.1. The smallest absolute Gasteiger partial charge is 0.332 e. The van der Waals surface area contributed by atoms with Crippen molar-refractivity contribution >= 4 is 22.8 Å². The van der Waals surface area contributed by atoms with Crippen molar-refractivity contribution in [2.45, 2.75) is 36.6 Å². The molecule has 0 amide bonds. The van der Waals surface area contributed by atoms with E-state index in [9.17, 15) is 9.59 Å². The molecule has 7 nitrogen and oxygen atoms in total. The summed E-state index contributed by atoms with van der Waals surface area (Å²) in [6.45, 7) is 0.570. The van der Waals surface area contributed by atoms with Crippen LogP contribution in [0, 0.1) is 0 Å². The number of nitrogens with zero attached hydrogens (tertiary/aromatic N) is 4. The minimum absolute atomic E-state index is 0.315. The molecule has 0 aliphatic heterocycles. The number of ether oxygens (including phenoxy) is 1. The lowest BCUT2D eigenvalue weighted by Crippen LogP contribution is -2.38. The van der Waals surface area contributed by atoms with Gasteiger partial charge in [0.1, 0.15) is 16.2 Å². The number of aryl methyl sites for hydroxylation is 1. The predicted octanol–water partition coefficient (Wildman–Crippen LogP) is 1.42. The van der Waals surface area contributed by atoms with Crippen molar-refractivity contribution in [3.63, 3.8) is 0 Å². The topological polar surface area (TPSA) is 79.0 Å². The normalized spacial score (nSPS) is 15.5. The summed E-state index contributed by atoms with van der Waals surface area (Å²) in [4.78, 5) is 34.2. The first-order chi connectivity index (χ1) is 11.5. The van der Waals surface area contributed by atoms with E-state index in [-0.39, 0.29) is 11.2 Å². The second-order valence-corrected chi connectivity index (χ2v) is 7.20. The maximum Gasteiger partial charge on any atom is 0.332 e. The molecule has 0 bridgehead atoms. The Balaban J connectivity index is 2.23. The number of hydrogen-bond acceptors (Lipinski definition) is 6. The first kappa shape index (κ1) is 17.2. The van der Waals surface area contributed by atoms with Gasteiger partial charge in [-0.05, 0) is 12.8 Å². The predicted molar refractivity (Wildman–Crippen MR) is 93.8 cm³/mol. The summed E-state index contributed by atoms with van der Waals surface area (Å²) in [6.07, 6.45) is 4.47. The highest BCUT2D eigenvalue weighted by Gasteiger charge is 2.24. The summed E-state index contributed by atoms with van der Waals surface area (Å²) in [7, 11) is 4.78. The van der Waals surface area contributed by atoms with E-state index in [2.05, 4.69) is 4.98 Å². The summed E-state index contributed by atoms with van der Waals surface area (Å²) < 4.78 is 7.65. The minimum Gasteiger partial charge on any atom is -0.384 e. The van der Waals surface area contributed by atoms with Crippen LogP contribution in [-0.4, -0.2) is 38.6 Å². The first-order valence-electron chi connectivity index (χ1n) is 8.14. The van der Waals surface area contributed by atoms with Gasteiger partial charge in [-0.1, -0.05) is 12.8 Å². The number of methoxy groups -OCH3 is 1. The molecular weight excluding hydrogens is 328 g/mol. The Labute approximate surface area is 144 Å². The molecule has 2 aromatic heterocycles. The van der Waals surface area contributed by atoms with E-state index in [1.54, 1.807) is 14.2 Å². The third-order valence-electron chi connectivity index (χ3n) is 4.53. The van der Waals surface area contributed by atoms with Crippen LogP contribution in [0.15, 0.2) is 14.6 Å². The Morgan fingerprint density at radius 1 is 1.17 bits per heavy atom. The Bertz CT molecular complexity index is 868. The standard InChI is InChI=1S/C16H22N4O3S/c1-19-13-11(15(21)20(2)16(19)22)14(24-9-8-23-3)18-12(17-13)10-6-4-5-7-10/h10H,4-9H2,1-3H3. The SMILES string of the molecule is COCCSc1nc(C2CCCC2)nc2c1c(=O)n(C)c(=O)n2C. The van der Waals surface area contributed by atoms with Crippen LogP contribution in [0.5, 0.6) is 0 Å². The Hall–Kier alpha value is -1.67. The third-order valence-corrected chi connectivity index (χ3v) is 5.47. The van der Waals surface area contributed by atoms with Gasteiger partial charge in [0.25, 0.3) is 5.56 Å². The second kappa shape index (κ2) is 7.06. The fourth-order valence-corrected chi connectivity index (χ4v) is 4.06. The zero-order valence-electron chi connectivity index (χ0n) is 14.2. The van der Waals surface area contributed by atoms with Gasteiger partial charge < -0.3 is 4.74 Å². The van der Waals surface area contributed by atoms with E-state index < -0.39 is 0 Å². The summed E-state index contributed by atoms with van der Waals surface area (Å²) in [5.74, 6) is 1.76. The van der Waals surface area contributed by atoms with Crippen molar-refractivity contribution < 1.29 is 4.74 Å². The van der Waals surface area contributed by atoms with Crippen molar-refractivity contribution in [3.8, 4) is 0 Å². The molecule has 130 valence electrons. The van der Waals surface area contributed by atoms with Gasteiger partial charge >= 0.3 is 5.69 Å². The number of hydrogen-bond donors (Lipinski definition) is 0. The average molecular weight is 350 g/mol. The zero-order chi connectivity index (χ0) is 17.3. The highest BCUT2D eigenvalue weighted by Crippen LogP contribution is 2.34. The molecule has 0 spiro atoms. The Morgan fingerprint density at radius 2 is 1.88 bits per heavy atom. The van der Waals surface area contributed by atoms with E-state index in [0.717, 1.165) is 23.2 Å². The number of fused-ring (bicyclic) bond motifs is 1. The molecule has 8 heteroatoms. The van der Waals surface area contributed by atoms with Crippen LogP contribution in [0.25, 0.3) is 11.0 Å². The van der Waals surface area contributed by atoms with Crippen LogP contribution in [0.2, 0.25) is 0 Å². The monoisotopic (exact) mass is 350 g/mol. The van der Waals surface area contributed by atoms with Gasteiger partial charge in [-0.2, -0.15) is 0 Å². The summed E-state index contributed by atoms with van der Waals surface area (Å²) in [6, 6.07) is 0. The van der Waals surface area contributed by atoms with Crippen molar-refractivity contribution in [2.75, 3.05) is 19.5 Å². The molecule has 0 atom stereocenters. The molecule has 0 saturated heterocycles. The highest BCUT2D eigenvalue weighted by molar-refractivity contribution is 7.99. The Morgan fingerprint density at radius 3 is 2.54 bits per heavy atom. The fourth-order valence-electron chi connectivity index (χ4n) is 3.14. The van der Waals surface area contributed by atoms with Gasteiger partial charge in [0.2, 0.25) is 0 Å². The molecule has 0 N–H and O–H groups in total. The quantitative estimate of drug-likeness (QED) is 0.461. The highest BCUT2D eigenvalue weighted by atomic mass is 32.2. The van der Waals surface area contributed by atoms with Gasteiger partial charge in [-0.3, -0.25) is 13.9 Å². The molecule has 1 fully saturated rings. The number of rotatable bonds is 5. The summed E-state index contributed by atoms with van der Waals surface area (Å²) >= 11 is 1.48. The Kier molecular flexibility index (Phi) is 5.05. The molecule has 2 aromatic rings. The van der Waals surface area contributed by atoms with Gasteiger partial charge in [-0.25, -0.2) is 14.8 Å². The van der Waals surface area contributed by atoms with E-state index in [0.29, 0.717) is 34.3 Å². The van der Waals surface area contributed by atoms with Crippen LogP contribution in [0.4, 0.5) is 0 Å². The van der Waals surface area contributed by atoms with Gasteiger partial charge in [0.15, 0.2) is 5.65 Å². The van der Waals surface area contributed by atoms with Crippen molar-refractivity contribution in [3.05, 3.63) is 26.7 Å². The second-order valence-electron chi connectivity index (χ2n) is 6.11. The number of thioether (sulfide) groups is 1. The lowest BCUT2D eigenvalue weighted by molar-refractivity contribution is 0.218. The van der Waals surface area contributed by atoms with Crippen LogP contribution >= 0.6 is 11.8 Å². The van der Waals surface area contributed by atoms with Crippen LogP contribution in [-0.2, 0) is 18.8 Å². The van der Waals surface area contributed by atoms with Gasteiger partial charge in [-0.15, -0.1) is 11.8 Å². The molecule has 0 unspecified atom stereocenters. The molecule has 1 aliphatic carbocycles. The molecule has 2 heterocycles. The summed E-state index contributed by atoms with van der Waals surface area (Å²) in [5, 5.41) is 1.07. The fraction of sp³-hybridized carbons (Fsp3) is 0.625. The third kappa shape index (κ3) is 3.00. The maximum absolute atomic E-state index is 12.6.